The van der Waals surface area contributed by atoms with Crippen LogP contribution in [0.15, 0.2) is 146 Å². The zero-order valence-corrected chi connectivity index (χ0v) is 32.6. The van der Waals surface area contributed by atoms with E-state index in [9.17, 15) is 0 Å². The molecule has 0 bridgehead atoms. The monoisotopic (exact) mass is 732 g/mol. The standard InChI is InChI=1S/C55H44N2/c1-55(2)48-33-35(22-26-41(48)42-28-25-39(34-49(42)55)56-31-9-13-37-11-3-5-19-50(37)56)21-23-36-24-27-45-44-17-8-18-47-52(57-32-10-14-38-12-4-6-20-51(38)57)30-29-46(54(44)47)43-16-7-15-40(36)53(43)45/h3-8,11-12,15-30,33-34H,9-10,13-14,31-32H2,1-2H3/b23-21+. The van der Waals surface area contributed by atoms with Crippen LogP contribution in [-0.4, -0.2) is 13.1 Å². The summed E-state index contributed by atoms with van der Waals surface area (Å²) in [6.45, 7) is 6.91. The molecule has 0 unspecified atom stereocenters. The van der Waals surface area contributed by atoms with Crippen molar-refractivity contribution in [3.05, 3.63) is 179 Å². The Labute approximate surface area is 334 Å². The van der Waals surface area contributed by atoms with E-state index in [1.165, 1.54) is 123 Å². The smallest absolute Gasteiger partial charge is 0.0491 e. The molecule has 9 aromatic carbocycles. The molecule has 2 heterocycles. The summed E-state index contributed by atoms with van der Waals surface area (Å²) >= 11 is 0. The zero-order valence-electron chi connectivity index (χ0n) is 32.6. The van der Waals surface area contributed by atoms with Crippen molar-refractivity contribution in [1.29, 1.82) is 0 Å². The van der Waals surface area contributed by atoms with Crippen molar-refractivity contribution in [2.24, 2.45) is 0 Å². The van der Waals surface area contributed by atoms with Crippen LogP contribution in [0.2, 0.25) is 0 Å². The second-order valence-electron chi connectivity index (χ2n) is 17.1. The second kappa shape index (κ2) is 12.3. The van der Waals surface area contributed by atoms with Crippen LogP contribution < -0.4 is 9.80 Å². The van der Waals surface area contributed by atoms with Gasteiger partial charge in [0.15, 0.2) is 0 Å². The van der Waals surface area contributed by atoms with E-state index >= 15 is 0 Å². The lowest BCUT2D eigenvalue weighted by molar-refractivity contribution is 0.659. The summed E-state index contributed by atoms with van der Waals surface area (Å²) in [4.78, 5) is 5.08. The molecule has 2 heteroatoms. The Morgan fingerprint density at radius 1 is 0.456 bits per heavy atom. The summed E-state index contributed by atoms with van der Waals surface area (Å²) in [7, 11) is 0. The number of para-hydroxylation sites is 2. The van der Waals surface area contributed by atoms with Crippen molar-refractivity contribution >= 4 is 78.0 Å². The molecular weight excluding hydrogens is 689 g/mol. The molecule has 274 valence electrons. The fourth-order valence-electron chi connectivity index (χ4n) is 10.9. The van der Waals surface area contributed by atoms with E-state index < -0.39 is 0 Å². The van der Waals surface area contributed by atoms with Crippen molar-refractivity contribution in [2.45, 2.75) is 44.9 Å². The normalized spacial score (nSPS) is 15.8. The van der Waals surface area contributed by atoms with Gasteiger partial charge < -0.3 is 9.80 Å². The van der Waals surface area contributed by atoms with Gasteiger partial charge in [-0.2, -0.15) is 0 Å². The number of benzene rings is 9. The van der Waals surface area contributed by atoms with Gasteiger partial charge in [-0.25, -0.2) is 0 Å². The second-order valence-corrected chi connectivity index (χ2v) is 17.1. The van der Waals surface area contributed by atoms with E-state index in [2.05, 4.69) is 181 Å². The van der Waals surface area contributed by atoms with Crippen LogP contribution in [0, 0.1) is 0 Å². The van der Waals surface area contributed by atoms with Crippen LogP contribution in [0.4, 0.5) is 22.7 Å². The van der Waals surface area contributed by atoms with E-state index in [1.807, 2.05) is 0 Å². The van der Waals surface area contributed by atoms with E-state index in [1.54, 1.807) is 0 Å². The van der Waals surface area contributed by atoms with Crippen LogP contribution in [0.1, 0.15) is 60.1 Å². The molecule has 0 atom stereocenters. The van der Waals surface area contributed by atoms with Gasteiger partial charge in [-0.05, 0) is 138 Å². The van der Waals surface area contributed by atoms with Crippen LogP contribution in [-0.2, 0) is 18.3 Å². The number of aryl methyl sites for hydroxylation is 2. The Balaban J connectivity index is 0.917. The fraction of sp³-hybridized carbons (Fsp3) is 0.164. The van der Waals surface area contributed by atoms with E-state index in [4.69, 9.17) is 0 Å². The minimum absolute atomic E-state index is 0.0915. The first kappa shape index (κ1) is 32.8. The molecule has 0 radical (unpaired) electrons. The molecule has 9 aromatic rings. The third kappa shape index (κ3) is 4.83. The highest BCUT2D eigenvalue weighted by Crippen LogP contribution is 2.51. The summed E-state index contributed by atoms with van der Waals surface area (Å²) in [5, 5.41) is 10.7. The molecule has 0 spiro atoms. The highest BCUT2D eigenvalue weighted by atomic mass is 15.1. The predicted molar refractivity (Wildman–Crippen MR) is 244 cm³/mol. The lowest BCUT2D eigenvalue weighted by atomic mass is 9.81. The molecule has 1 aliphatic carbocycles. The SMILES string of the molecule is CC1(C)c2cc(/C=C/c3ccc4c5cccc6c(N7CCCc8ccccc87)ccc(c7cccc3c47)c65)ccc2-c2ccc(N3CCCc4ccccc43)cc21. The maximum Gasteiger partial charge on any atom is 0.0491 e. The lowest BCUT2D eigenvalue weighted by Crippen LogP contribution is -2.25. The van der Waals surface area contributed by atoms with E-state index in [0.29, 0.717) is 0 Å². The van der Waals surface area contributed by atoms with Crippen LogP contribution in [0.25, 0.3) is 66.4 Å². The van der Waals surface area contributed by atoms with Crippen LogP contribution >= 0.6 is 0 Å². The van der Waals surface area contributed by atoms with Gasteiger partial charge in [-0.1, -0.05) is 141 Å². The quantitative estimate of drug-likeness (QED) is 0.101. The Morgan fingerprint density at radius 3 is 1.79 bits per heavy atom. The zero-order chi connectivity index (χ0) is 37.8. The molecule has 0 saturated carbocycles. The average Bonchev–Trinajstić information content (AvgIpc) is 3.48. The first-order valence-corrected chi connectivity index (χ1v) is 20.8. The molecule has 57 heavy (non-hydrogen) atoms. The predicted octanol–water partition coefficient (Wildman–Crippen LogP) is 14.4. The molecule has 0 saturated heterocycles. The molecule has 0 N–H and O–H groups in total. The molecular formula is C55H44N2. The summed E-state index contributed by atoms with van der Waals surface area (Å²) in [5.74, 6) is 0. The molecule has 0 fully saturated rings. The Hall–Kier alpha value is -6.38. The van der Waals surface area contributed by atoms with Gasteiger partial charge in [0, 0.05) is 46.6 Å². The van der Waals surface area contributed by atoms with E-state index in [-0.39, 0.29) is 5.41 Å². The van der Waals surface area contributed by atoms with E-state index in [0.717, 1.165) is 25.9 Å². The van der Waals surface area contributed by atoms with Crippen molar-refractivity contribution in [3.63, 3.8) is 0 Å². The Morgan fingerprint density at radius 2 is 1.04 bits per heavy atom. The van der Waals surface area contributed by atoms with Gasteiger partial charge in [0.1, 0.15) is 0 Å². The maximum atomic E-state index is 2.55. The summed E-state index contributed by atoms with van der Waals surface area (Å²) in [5.41, 5.74) is 16.2. The third-order valence-corrected chi connectivity index (χ3v) is 13.6. The highest BCUT2D eigenvalue weighted by molar-refractivity contribution is 6.34. The van der Waals surface area contributed by atoms with Crippen LogP contribution in [0.5, 0.6) is 0 Å². The third-order valence-electron chi connectivity index (χ3n) is 13.6. The fourth-order valence-corrected chi connectivity index (χ4v) is 10.9. The number of fused-ring (bicyclic) bond motifs is 7. The summed E-state index contributed by atoms with van der Waals surface area (Å²) < 4.78 is 0. The minimum atomic E-state index is -0.0915. The number of hydrogen-bond donors (Lipinski definition) is 0. The minimum Gasteiger partial charge on any atom is -0.341 e. The van der Waals surface area contributed by atoms with Gasteiger partial charge in [0.2, 0.25) is 0 Å². The first-order chi connectivity index (χ1) is 28.0. The first-order valence-electron chi connectivity index (χ1n) is 20.8. The van der Waals surface area contributed by atoms with Crippen molar-refractivity contribution in [3.8, 4) is 11.1 Å². The van der Waals surface area contributed by atoms with Gasteiger partial charge >= 0.3 is 0 Å². The molecule has 12 rings (SSSR count). The average molecular weight is 733 g/mol. The molecule has 2 nitrogen and oxygen atoms in total. The highest BCUT2D eigenvalue weighted by Gasteiger charge is 2.36. The molecule has 0 amide bonds. The van der Waals surface area contributed by atoms with Crippen molar-refractivity contribution in [1.82, 2.24) is 0 Å². The molecule has 3 aliphatic rings. The largest absolute Gasteiger partial charge is 0.341 e. The number of rotatable bonds is 4. The Bertz CT molecular complexity index is 3110. The van der Waals surface area contributed by atoms with Gasteiger partial charge in [-0.3, -0.25) is 0 Å². The number of hydrogen-bond acceptors (Lipinski definition) is 2. The van der Waals surface area contributed by atoms with Gasteiger partial charge in [0.25, 0.3) is 0 Å². The lowest BCUT2D eigenvalue weighted by Gasteiger charge is -2.32. The van der Waals surface area contributed by atoms with Gasteiger partial charge in [-0.15, -0.1) is 0 Å². The topological polar surface area (TPSA) is 6.48 Å². The number of nitrogens with zero attached hydrogens (tertiary/aromatic N) is 2. The summed E-state index contributed by atoms with van der Waals surface area (Å²) in [6, 6.07) is 55.4. The van der Waals surface area contributed by atoms with Crippen molar-refractivity contribution < 1.29 is 0 Å². The molecule has 0 aromatic heterocycles. The van der Waals surface area contributed by atoms with Crippen LogP contribution in [0.3, 0.4) is 0 Å². The van der Waals surface area contributed by atoms with Gasteiger partial charge in [0.05, 0.1) is 0 Å². The Kier molecular flexibility index (Phi) is 7.09. The number of anilines is 4. The maximum absolute atomic E-state index is 2.55. The molecule has 2 aliphatic heterocycles. The van der Waals surface area contributed by atoms with Crippen molar-refractivity contribution in [2.75, 3.05) is 22.9 Å². The summed E-state index contributed by atoms with van der Waals surface area (Å²) in [6.07, 6.45) is 9.32.